The normalized spacial score (nSPS) is 11.2. The van der Waals surface area contributed by atoms with Gasteiger partial charge in [-0.25, -0.2) is 4.98 Å². The molecule has 0 fully saturated rings. The van der Waals surface area contributed by atoms with Crippen LogP contribution >= 0.6 is 0 Å². The molecule has 0 saturated carbocycles. The van der Waals surface area contributed by atoms with E-state index in [1.165, 1.54) is 13.2 Å². The number of aromatic nitrogens is 2. The number of hydrogen-bond acceptors (Lipinski definition) is 5. The largest absolute Gasteiger partial charge is 0.506 e. The molecule has 1 aromatic carbocycles. The maximum atomic E-state index is 9.97. The highest BCUT2D eigenvalue weighted by molar-refractivity contribution is 6.08. The Morgan fingerprint density at radius 1 is 1.12 bits per heavy atom. The molecule has 3 aromatic rings. The number of aromatic hydroxyl groups is 1. The second kappa shape index (κ2) is 7.31. The van der Waals surface area contributed by atoms with E-state index < -0.39 is 0 Å². The number of hydrogen-bond donors (Lipinski definition) is 3. The molecule has 25 heavy (non-hydrogen) atoms. The lowest BCUT2D eigenvalue weighted by atomic mass is 10.3. The van der Waals surface area contributed by atoms with Gasteiger partial charge in [0.1, 0.15) is 22.9 Å². The van der Waals surface area contributed by atoms with E-state index in [4.69, 9.17) is 14.9 Å². The molecule has 0 aliphatic carbocycles. The third kappa shape index (κ3) is 3.84. The van der Waals surface area contributed by atoms with Gasteiger partial charge in [0, 0.05) is 12.3 Å². The van der Waals surface area contributed by atoms with E-state index in [0.29, 0.717) is 17.3 Å². The molecular weight excluding hydrogens is 320 g/mol. The maximum Gasteiger partial charge on any atom is 0.249 e. The fraction of sp³-hybridized carbons (Fsp3) is 0.0556. The minimum atomic E-state index is -0.126. The lowest BCUT2D eigenvalue weighted by Gasteiger charge is -2.09. The molecule has 0 aliphatic heterocycles. The van der Waals surface area contributed by atoms with Gasteiger partial charge in [0.15, 0.2) is 5.84 Å². The van der Waals surface area contributed by atoms with Crippen LogP contribution in [-0.4, -0.2) is 33.9 Å². The van der Waals surface area contributed by atoms with Crippen LogP contribution in [0.5, 0.6) is 17.4 Å². The van der Waals surface area contributed by atoms with E-state index >= 15 is 0 Å². The third-order valence-corrected chi connectivity index (χ3v) is 3.29. The Morgan fingerprint density at radius 3 is 2.60 bits per heavy atom. The number of pyridine rings is 1. The highest BCUT2D eigenvalue weighted by atomic mass is 16.5. The molecule has 126 valence electrons. The molecule has 0 spiro atoms. The van der Waals surface area contributed by atoms with E-state index in [1.807, 2.05) is 18.2 Å². The van der Waals surface area contributed by atoms with E-state index in [-0.39, 0.29) is 23.2 Å². The summed E-state index contributed by atoms with van der Waals surface area (Å²) in [4.78, 5) is 11.2. The Labute approximate surface area is 144 Å². The van der Waals surface area contributed by atoms with E-state index in [9.17, 15) is 5.11 Å². The highest BCUT2D eigenvalue weighted by Crippen LogP contribution is 2.19. The minimum Gasteiger partial charge on any atom is -0.506 e. The van der Waals surface area contributed by atoms with E-state index in [2.05, 4.69) is 15.0 Å². The number of amidine groups is 1. The monoisotopic (exact) mass is 336 g/mol. The second-order valence-corrected chi connectivity index (χ2v) is 4.98. The summed E-state index contributed by atoms with van der Waals surface area (Å²) in [6, 6.07) is 15.5. The van der Waals surface area contributed by atoms with Gasteiger partial charge in [-0.1, -0.05) is 24.3 Å². The molecule has 0 atom stereocenters. The summed E-state index contributed by atoms with van der Waals surface area (Å²) in [7, 11) is 1.50. The van der Waals surface area contributed by atoms with Gasteiger partial charge in [-0.15, -0.1) is 0 Å². The van der Waals surface area contributed by atoms with Crippen molar-refractivity contribution in [3.63, 3.8) is 0 Å². The molecule has 0 radical (unpaired) electrons. The average Bonchev–Trinajstić information content (AvgIpc) is 3.08. The van der Waals surface area contributed by atoms with Crippen LogP contribution in [-0.2, 0) is 0 Å². The summed E-state index contributed by atoms with van der Waals surface area (Å²) in [5.41, 5.74) is 0.594. The Bertz CT molecular complexity index is 903. The van der Waals surface area contributed by atoms with Crippen LogP contribution < -0.4 is 9.47 Å². The molecule has 2 heterocycles. The SMILES string of the molecule is COc1cccc(C(=N)N=C(Oc2ccccc2)c2[nH]ccc2O)n1. The van der Waals surface area contributed by atoms with Crippen molar-refractivity contribution in [2.24, 2.45) is 4.99 Å². The number of methoxy groups -OCH3 is 1. The Balaban J connectivity index is 1.97. The summed E-state index contributed by atoms with van der Waals surface area (Å²) >= 11 is 0. The highest BCUT2D eigenvalue weighted by Gasteiger charge is 2.15. The quantitative estimate of drug-likeness (QED) is 0.503. The first-order chi connectivity index (χ1) is 12.2. The van der Waals surface area contributed by atoms with Crippen molar-refractivity contribution in [1.29, 1.82) is 5.41 Å². The first-order valence-electron chi connectivity index (χ1n) is 7.45. The van der Waals surface area contributed by atoms with Gasteiger partial charge < -0.3 is 19.6 Å². The van der Waals surface area contributed by atoms with Crippen molar-refractivity contribution in [2.75, 3.05) is 7.11 Å². The van der Waals surface area contributed by atoms with Gasteiger partial charge in [-0.3, -0.25) is 5.41 Å². The van der Waals surface area contributed by atoms with Crippen molar-refractivity contribution >= 4 is 11.7 Å². The smallest absolute Gasteiger partial charge is 0.249 e. The fourth-order valence-corrected chi connectivity index (χ4v) is 2.08. The topological polar surface area (TPSA) is 104 Å². The number of nitrogens with zero attached hydrogens (tertiary/aromatic N) is 2. The van der Waals surface area contributed by atoms with Gasteiger partial charge in [0.25, 0.3) is 0 Å². The number of aromatic amines is 1. The standard InChI is InChI=1S/C18H16N4O3/c1-24-15-9-5-8-13(21-15)17(19)22-18(16-14(23)10-11-20-16)25-12-6-3-2-4-7-12/h2-11,19-20,23H,1H3. The van der Waals surface area contributed by atoms with Crippen LogP contribution in [0.2, 0.25) is 0 Å². The van der Waals surface area contributed by atoms with Gasteiger partial charge >= 0.3 is 0 Å². The summed E-state index contributed by atoms with van der Waals surface area (Å²) in [5, 5.41) is 18.2. The summed E-state index contributed by atoms with van der Waals surface area (Å²) in [6.45, 7) is 0. The lowest BCUT2D eigenvalue weighted by Crippen LogP contribution is -2.14. The summed E-state index contributed by atoms with van der Waals surface area (Å²) < 4.78 is 10.8. The van der Waals surface area contributed by atoms with Gasteiger partial charge in [-0.05, 0) is 24.3 Å². The number of ether oxygens (including phenoxy) is 2. The number of benzene rings is 1. The van der Waals surface area contributed by atoms with Crippen LogP contribution in [0.3, 0.4) is 0 Å². The van der Waals surface area contributed by atoms with Crippen LogP contribution in [0.1, 0.15) is 11.4 Å². The molecular formula is C18H16N4O3. The zero-order valence-corrected chi connectivity index (χ0v) is 13.4. The molecule has 0 aliphatic rings. The molecule has 2 aromatic heterocycles. The molecule has 7 nitrogen and oxygen atoms in total. The number of para-hydroxylation sites is 1. The van der Waals surface area contributed by atoms with Gasteiger partial charge in [0.2, 0.25) is 11.8 Å². The summed E-state index contributed by atoms with van der Waals surface area (Å²) in [6.07, 6.45) is 1.56. The fourth-order valence-electron chi connectivity index (χ4n) is 2.08. The number of aliphatic imine (C=N–C) groups is 1. The van der Waals surface area contributed by atoms with Crippen LogP contribution in [0.15, 0.2) is 65.8 Å². The predicted octanol–water partition coefficient (Wildman–Crippen LogP) is 2.98. The number of H-pyrrole nitrogens is 1. The predicted molar refractivity (Wildman–Crippen MR) is 93.7 cm³/mol. The van der Waals surface area contributed by atoms with Crippen LogP contribution in [0.4, 0.5) is 0 Å². The third-order valence-electron chi connectivity index (χ3n) is 3.29. The van der Waals surface area contributed by atoms with Crippen molar-refractivity contribution in [2.45, 2.75) is 0 Å². The molecule has 0 unspecified atom stereocenters. The second-order valence-electron chi connectivity index (χ2n) is 4.98. The lowest BCUT2D eigenvalue weighted by molar-refractivity contribution is 0.397. The first kappa shape index (κ1) is 16.3. The van der Waals surface area contributed by atoms with Gasteiger partial charge in [0.05, 0.1) is 7.11 Å². The Morgan fingerprint density at radius 2 is 1.92 bits per heavy atom. The zero-order chi connectivity index (χ0) is 17.6. The van der Waals surface area contributed by atoms with Crippen LogP contribution in [0, 0.1) is 5.41 Å². The van der Waals surface area contributed by atoms with Crippen LogP contribution in [0.25, 0.3) is 0 Å². The van der Waals surface area contributed by atoms with Crippen molar-refractivity contribution in [3.05, 3.63) is 72.2 Å². The van der Waals surface area contributed by atoms with Crippen molar-refractivity contribution in [1.82, 2.24) is 9.97 Å². The average molecular weight is 336 g/mol. The first-order valence-corrected chi connectivity index (χ1v) is 7.45. The number of rotatable bonds is 4. The molecule has 0 saturated heterocycles. The van der Waals surface area contributed by atoms with Crippen molar-refractivity contribution < 1.29 is 14.6 Å². The van der Waals surface area contributed by atoms with E-state index in [1.54, 1.807) is 36.5 Å². The molecule has 7 heteroatoms. The van der Waals surface area contributed by atoms with Gasteiger partial charge in [-0.2, -0.15) is 4.99 Å². The number of nitrogens with one attached hydrogen (secondary N) is 2. The molecule has 0 amide bonds. The van der Waals surface area contributed by atoms with Crippen molar-refractivity contribution in [3.8, 4) is 17.4 Å². The molecule has 3 rings (SSSR count). The van der Waals surface area contributed by atoms with E-state index in [0.717, 1.165) is 0 Å². The molecule has 3 N–H and O–H groups in total. The maximum absolute atomic E-state index is 9.97. The Kier molecular flexibility index (Phi) is 4.75. The Hall–Kier alpha value is -3.61. The summed E-state index contributed by atoms with van der Waals surface area (Å²) in [5.74, 6) is 0.815. The molecule has 0 bridgehead atoms. The zero-order valence-electron chi connectivity index (χ0n) is 13.4. The minimum absolute atomic E-state index is 0.0268.